The van der Waals surface area contributed by atoms with Crippen molar-refractivity contribution in [3.05, 3.63) is 40.8 Å². The van der Waals surface area contributed by atoms with Crippen molar-refractivity contribution in [2.24, 2.45) is 7.05 Å². The Labute approximate surface area is 120 Å². The van der Waals surface area contributed by atoms with E-state index in [9.17, 15) is 8.42 Å². The second-order valence-corrected chi connectivity index (χ2v) is 6.68. The monoisotopic (exact) mass is 343 g/mol. The highest BCUT2D eigenvalue weighted by Crippen LogP contribution is 2.23. The summed E-state index contributed by atoms with van der Waals surface area (Å²) >= 11 is 3.37. The quantitative estimate of drug-likeness (QED) is 0.927. The predicted molar refractivity (Wildman–Crippen MR) is 77.5 cm³/mol. The van der Waals surface area contributed by atoms with Crippen LogP contribution in [0.2, 0.25) is 0 Å². The smallest absolute Gasteiger partial charge is 0.280 e. The normalized spacial score (nSPS) is 11.5. The van der Waals surface area contributed by atoms with Crippen molar-refractivity contribution in [3.63, 3.8) is 0 Å². The third-order valence-corrected chi connectivity index (χ3v) is 4.39. The molecule has 0 spiro atoms. The van der Waals surface area contributed by atoms with Gasteiger partial charge in [0.1, 0.15) is 0 Å². The number of hydrogen-bond donors (Lipinski definition) is 1. The lowest BCUT2D eigenvalue weighted by Crippen LogP contribution is -2.14. The first-order valence-corrected chi connectivity index (χ1v) is 7.99. The van der Waals surface area contributed by atoms with Gasteiger partial charge in [-0.1, -0.05) is 22.9 Å². The van der Waals surface area contributed by atoms with Crippen molar-refractivity contribution in [2.75, 3.05) is 4.72 Å². The molecular formula is C12H14BrN3O2S. The zero-order chi connectivity index (χ0) is 14.0. The van der Waals surface area contributed by atoms with E-state index in [0.29, 0.717) is 5.69 Å². The van der Waals surface area contributed by atoms with E-state index in [1.807, 2.05) is 13.0 Å². The molecule has 19 heavy (non-hydrogen) atoms. The molecular weight excluding hydrogens is 330 g/mol. The molecule has 0 bridgehead atoms. The van der Waals surface area contributed by atoms with Crippen LogP contribution in [-0.4, -0.2) is 18.0 Å². The highest BCUT2D eigenvalue weighted by atomic mass is 79.9. The van der Waals surface area contributed by atoms with Gasteiger partial charge in [-0.2, -0.15) is 8.42 Å². The van der Waals surface area contributed by atoms with Gasteiger partial charge in [-0.3, -0.25) is 4.72 Å². The summed E-state index contributed by atoms with van der Waals surface area (Å²) in [7, 11) is -1.91. The van der Waals surface area contributed by atoms with E-state index in [0.717, 1.165) is 16.5 Å². The number of nitrogens with one attached hydrogen (secondary N) is 1. The van der Waals surface area contributed by atoms with Gasteiger partial charge in [0.2, 0.25) is 0 Å². The van der Waals surface area contributed by atoms with Crippen molar-refractivity contribution in [3.8, 4) is 0 Å². The Morgan fingerprint density at radius 2 is 2.16 bits per heavy atom. The molecule has 1 aromatic carbocycles. The number of nitrogens with zero attached hydrogens (tertiary/aromatic N) is 2. The molecule has 1 aromatic heterocycles. The first kappa shape index (κ1) is 14.1. The molecule has 0 saturated carbocycles. The standard InChI is InChI=1S/C12H14BrN3O2S/c1-3-9-6-10(13)4-5-11(9)15-19(17,18)12-7-16(2)8-14-12/h4-8,15H,3H2,1-2H3. The molecule has 1 heterocycles. The molecule has 2 rings (SSSR count). The minimum absolute atomic E-state index is 0.0139. The van der Waals surface area contributed by atoms with Crippen LogP contribution < -0.4 is 4.72 Å². The first-order valence-electron chi connectivity index (χ1n) is 5.71. The second-order valence-electron chi connectivity index (χ2n) is 4.14. The Bertz CT molecular complexity index is 695. The van der Waals surface area contributed by atoms with E-state index >= 15 is 0 Å². The molecule has 0 aliphatic carbocycles. The summed E-state index contributed by atoms with van der Waals surface area (Å²) in [6, 6.07) is 5.44. The van der Waals surface area contributed by atoms with Crippen LogP contribution in [0.1, 0.15) is 12.5 Å². The Morgan fingerprint density at radius 3 is 2.74 bits per heavy atom. The highest BCUT2D eigenvalue weighted by molar-refractivity contribution is 9.10. The zero-order valence-corrected chi connectivity index (χ0v) is 13.0. The largest absolute Gasteiger partial charge is 0.339 e. The molecule has 0 aliphatic rings. The Balaban J connectivity index is 2.35. The van der Waals surface area contributed by atoms with E-state index < -0.39 is 10.0 Å². The summed E-state index contributed by atoms with van der Waals surface area (Å²) in [6.45, 7) is 1.97. The Hall–Kier alpha value is -1.34. The van der Waals surface area contributed by atoms with Crippen LogP contribution >= 0.6 is 15.9 Å². The van der Waals surface area contributed by atoms with Crippen LogP contribution in [0.3, 0.4) is 0 Å². The molecule has 2 aromatic rings. The molecule has 0 fully saturated rings. The SMILES string of the molecule is CCc1cc(Br)ccc1NS(=O)(=O)c1cn(C)cn1. The van der Waals surface area contributed by atoms with Crippen LogP contribution in [0.15, 0.2) is 40.2 Å². The van der Waals surface area contributed by atoms with Crippen LogP contribution in [-0.2, 0) is 23.5 Å². The molecule has 102 valence electrons. The number of imidazole rings is 1. The van der Waals surface area contributed by atoms with E-state index in [-0.39, 0.29) is 5.03 Å². The maximum atomic E-state index is 12.2. The highest BCUT2D eigenvalue weighted by Gasteiger charge is 2.18. The van der Waals surface area contributed by atoms with Crippen molar-refractivity contribution < 1.29 is 8.42 Å². The number of halogens is 1. The number of rotatable bonds is 4. The predicted octanol–water partition coefficient (Wildman–Crippen LogP) is 2.55. The Morgan fingerprint density at radius 1 is 1.42 bits per heavy atom. The van der Waals surface area contributed by atoms with Crippen molar-refractivity contribution in [1.82, 2.24) is 9.55 Å². The summed E-state index contributed by atoms with van der Waals surface area (Å²) in [5.41, 5.74) is 1.50. The van der Waals surface area contributed by atoms with Crippen LogP contribution in [0.25, 0.3) is 0 Å². The topological polar surface area (TPSA) is 64.0 Å². The number of aryl methyl sites for hydroxylation is 2. The fourth-order valence-corrected chi connectivity index (χ4v) is 3.17. The van der Waals surface area contributed by atoms with Crippen molar-refractivity contribution >= 4 is 31.6 Å². The van der Waals surface area contributed by atoms with Gasteiger partial charge in [0.15, 0.2) is 5.03 Å². The minimum atomic E-state index is -3.64. The molecule has 0 amide bonds. The van der Waals surface area contributed by atoms with Crippen LogP contribution in [0.4, 0.5) is 5.69 Å². The number of aromatic nitrogens is 2. The fraction of sp³-hybridized carbons (Fsp3) is 0.250. The van der Waals surface area contributed by atoms with Gasteiger partial charge in [-0.25, -0.2) is 4.98 Å². The second kappa shape index (κ2) is 5.34. The molecule has 0 radical (unpaired) electrons. The molecule has 0 unspecified atom stereocenters. The van der Waals surface area contributed by atoms with Gasteiger partial charge in [0.25, 0.3) is 10.0 Å². The fourth-order valence-electron chi connectivity index (χ4n) is 1.68. The summed E-state index contributed by atoms with van der Waals surface area (Å²) in [4.78, 5) is 3.86. The molecule has 7 heteroatoms. The number of anilines is 1. The summed E-state index contributed by atoms with van der Waals surface area (Å²) < 4.78 is 29.4. The van der Waals surface area contributed by atoms with Gasteiger partial charge in [-0.05, 0) is 30.2 Å². The van der Waals surface area contributed by atoms with Gasteiger partial charge in [-0.15, -0.1) is 0 Å². The summed E-state index contributed by atoms with van der Waals surface area (Å²) in [6.07, 6.45) is 3.66. The average Bonchev–Trinajstić information content (AvgIpc) is 2.79. The Kier molecular flexibility index (Phi) is 3.96. The lowest BCUT2D eigenvalue weighted by atomic mass is 10.1. The lowest BCUT2D eigenvalue weighted by Gasteiger charge is -2.10. The first-order chi connectivity index (χ1) is 8.92. The van der Waals surface area contributed by atoms with Gasteiger partial charge in [0.05, 0.1) is 12.0 Å². The van der Waals surface area contributed by atoms with Crippen molar-refractivity contribution in [1.29, 1.82) is 0 Å². The average molecular weight is 344 g/mol. The summed E-state index contributed by atoms with van der Waals surface area (Å²) in [5, 5.41) is 0.0139. The lowest BCUT2D eigenvalue weighted by molar-refractivity contribution is 0.598. The minimum Gasteiger partial charge on any atom is -0.339 e. The zero-order valence-electron chi connectivity index (χ0n) is 10.6. The van der Waals surface area contributed by atoms with Crippen LogP contribution in [0.5, 0.6) is 0 Å². The molecule has 0 aliphatic heterocycles. The van der Waals surface area contributed by atoms with Crippen molar-refractivity contribution in [2.45, 2.75) is 18.4 Å². The summed E-state index contributed by atoms with van der Waals surface area (Å²) in [5.74, 6) is 0. The maximum absolute atomic E-state index is 12.2. The molecule has 0 saturated heterocycles. The molecule has 0 atom stereocenters. The third-order valence-electron chi connectivity index (χ3n) is 2.65. The van der Waals surface area contributed by atoms with E-state index in [1.54, 1.807) is 23.7 Å². The molecule has 1 N–H and O–H groups in total. The molecule has 5 nitrogen and oxygen atoms in total. The number of sulfonamides is 1. The number of hydrogen-bond acceptors (Lipinski definition) is 3. The van der Waals surface area contributed by atoms with Crippen LogP contribution in [0, 0.1) is 0 Å². The van der Waals surface area contributed by atoms with E-state index in [4.69, 9.17) is 0 Å². The van der Waals surface area contributed by atoms with Gasteiger partial charge in [0, 0.05) is 17.7 Å². The third kappa shape index (κ3) is 3.16. The van der Waals surface area contributed by atoms with E-state index in [1.165, 1.54) is 12.5 Å². The van der Waals surface area contributed by atoms with E-state index in [2.05, 4.69) is 25.6 Å². The number of benzene rings is 1. The van der Waals surface area contributed by atoms with Gasteiger partial charge >= 0.3 is 0 Å². The maximum Gasteiger partial charge on any atom is 0.280 e. The van der Waals surface area contributed by atoms with Gasteiger partial charge < -0.3 is 4.57 Å².